The lowest BCUT2D eigenvalue weighted by atomic mass is 9.91. The van der Waals surface area contributed by atoms with Crippen LogP contribution in [-0.4, -0.2) is 26.9 Å². The summed E-state index contributed by atoms with van der Waals surface area (Å²) in [5.74, 6) is 1.03. The van der Waals surface area contributed by atoms with E-state index in [9.17, 15) is 10.2 Å². The van der Waals surface area contributed by atoms with Gasteiger partial charge < -0.3 is 19.9 Å². The summed E-state index contributed by atoms with van der Waals surface area (Å²) in [6.45, 7) is 0. The Kier molecular flexibility index (Phi) is 2.31. The molecule has 2 aromatic heterocycles. The molecule has 0 amide bonds. The van der Waals surface area contributed by atoms with Gasteiger partial charge >= 0.3 is 0 Å². The van der Waals surface area contributed by atoms with Crippen LogP contribution in [0.4, 0.5) is 0 Å². The maximum absolute atomic E-state index is 10.4. The fourth-order valence-electron chi connectivity index (χ4n) is 3.35. The average molecular weight is 284 g/mol. The van der Waals surface area contributed by atoms with Gasteiger partial charge in [-0.25, -0.2) is 0 Å². The topological polar surface area (TPSA) is 70.4 Å². The fraction of sp³-hybridized carbons (Fsp3) is 0.250. The normalized spacial score (nSPS) is 13.2. The van der Waals surface area contributed by atoms with E-state index in [1.54, 1.807) is 14.2 Å². The van der Waals surface area contributed by atoms with Crippen molar-refractivity contribution in [2.45, 2.75) is 12.8 Å². The summed E-state index contributed by atoms with van der Waals surface area (Å²) in [6, 6.07) is 5.85. The number of ether oxygens (including phenoxy) is 1. The van der Waals surface area contributed by atoms with Crippen molar-refractivity contribution in [1.29, 1.82) is 0 Å². The lowest BCUT2D eigenvalue weighted by molar-refractivity contribution is 0.385. The Morgan fingerprint density at radius 2 is 1.95 bits per heavy atom. The van der Waals surface area contributed by atoms with E-state index in [0.717, 1.165) is 45.5 Å². The molecule has 0 aliphatic heterocycles. The zero-order valence-corrected chi connectivity index (χ0v) is 11.9. The molecular formula is C16H16N2O3. The van der Waals surface area contributed by atoms with Crippen LogP contribution in [0.1, 0.15) is 11.3 Å². The molecule has 4 rings (SSSR count). The van der Waals surface area contributed by atoms with E-state index in [-0.39, 0.29) is 11.8 Å². The second-order valence-corrected chi connectivity index (χ2v) is 5.42. The van der Waals surface area contributed by atoms with Gasteiger partial charge in [-0.15, -0.1) is 0 Å². The highest BCUT2D eigenvalue weighted by atomic mass is 16.5. The molecule has 0 saturated heterocycles. The largest absolute Gasteiger partial charge is 0.495 e. The lowest BCUT2D eigenvalue weighted by Crippen LogP contribution is -2.00. The lowest BCUT2D eigenvalue weighted by Gasteiger charge is -2.12. The van der Waals surface area contributed by atoms with Crippen molar-refractivity contribution >= 4 is 10.9 Å². The van der Waals surface area contributed by atoms with Gasteiger partial charge in [-0.2, -0.15) is 0 Å². The summed E-state index contributed by atoms with van der Waals surface area (Å²) in [4.78, 5) is 3.41. The molecule has 3 aromatic rings. The summed E-state index contributed by atoms with van der Waals surface area (Å²) in [5.41, 5.74) is 4.52. The number of para-hydroxylation sites is 1. The van der Waals surface area contributed by atoms with Crippen LogP contribution in [0.25, 0.3) is 22.0 Å². The van der Waals surface area contributed by atoms with Crippen LogP contribution in [0.2, 0.25) is 0 Å². The van der Waals surface area contributed by atoms with E-state index in [1.165, 1.54) is 4.57 Å². The Balaban J connectivity index is 2.13. The van der Waals surface area contributed by atoms with Crippen molar-refractivity contribution in [2.24, 2.45) is 7.05 Å². The first-order valence-corrected chi connectivity index (χ1v) is 6.91. The quantitative estimate of drug-likeness (QED) is 0.643. The molecule has 0 saturated carbocycles. The van der Waals surface area contributed by atoms with Crippen LogP contribution in [-0.2, 0) is 19.9 Å². The summed E-state index contributed by atoms with van der Waals surface area (Å²) in [5, 5.41) is 21.5. The van der Waals surface area contributed by atoms with E-state index in [0.29, 0.717) is 6.42 Å². The van der Waals surface area contributed by atoms with E-state index in [4.69, 9.17) is 4.74 Å². The third kappa shape index (κ3) is 1.40. The predicted octanol–water partition coefficient (Wildman–Crippen LogP) is 2.69. The first-order valence-electron chi connectivity index (χ1n) is 6.91. The minimum absolute atomic E-state index is 0.104. The number of aryl methyl sites for hydroxylation is 1. The first-order chi connectivity index (χ1) is 10.1. The Labute approximate surface area is 121 Å². The van der Waals surface area contributed by atoms with Gasteiger partial charge in [0.15, 0.2) is 5.88 Å². The number of hydrogen-bond donors (Lipinski definition) is 3. The van der Waals surface area contributed by atoms with Gasteiger partial charge in [0.2, 0.25) is 5.88 Å². The van der Waals surface area contributed by atoms with E-state index < -0.39 is 0 Å². The zero-order valence-electron chi connectivity index (χ0n) is 11.9. The van der Waals surface area contributed by atoms with E-state index >= 15 is 0 Å². The second-order valence-electron chi connectivity index (χ2n) is 5.42. The molecule has 2 heterocycles. The first kappa shape index (κ1) is 12.2. The molecule has 108 valence electrons. The number of benzene rings is 1. The molecule has 0 radical (unpaired) electrons. The Bertz CT molecular complexity index is 874. The molecule has 1 aliphatic rings. The van der Waals surface area contributed by atoms with E-state index in [1.807, 2.05) is 18.2 Å². The minimum atomic E-state index is 0.104. The number of rotatable bonds is 1. The van der Waals surface area contributed by atoms with Crippen molar-refractivity contribution in [1.82, 2.24) is 9.55 Å². The predicted molar refractivity (Wildman–Crippen MR) is 80.0 cm³/mol. The molecule has 0 unspecified atom stereocenters. The molecule has 0 atom stereocenters. The summed E-state index contributed by atoms with van der Waals surface area (Å²) in [7, 11) is 3.31. The van der Waals surface area contributed by atoms with Crippen LogP contribution in [0, 0.1) is 0 Å². The fourth-order valence-corrected chi connectivity index (χ4v) is 3.35. The van der Waals surface area contributed by atoms with Crippen LogP contribution >= 0.6 is 0 Å². The number of nitrogens with zero attached hydrogens (tertiary/aromatic N) is 1. The highest BCUT2D eigenvalue weighted by Crippen LogP contribution is 2.49. The molecule has 21 heavy (non-hydrogen) atoms. The Morgan fingerprint density at radius 1 is 1.14 bits per heavy atom. The molecule has 5 heteroatoms. The molecule has 5 nitrogen and oxygen atoms in total. The summed E-state index contributed by atoms with van der Waals surface area (Å²) < 4.78 is 6.83. The molecule has 1 aromatic carbocycles. The van der Waals surface area contributed by atoms with Gasteiger partial charge in [0.05, 0.1) is 18.2 Å². The van der Waals surface area contributed by atoms with Crippen molar-refractivity contribution in [3.63, 3.8) is 0 Å². The van der Waals surface area contributed by atoms with Gasteiger partial charge in [-0.05, 0) is 18.9 Å². The number of nitrogens with one attached hydrogen (secondary N) is 1. The molecule has 0 fully saturated rings. The Morgan fingerprint density at radius 3 is 2.71 bits per heavy atom. The van der Waals surface area contributed by atoms with Crippen molar-refractivity contribution in [3.8, 4) is 28.6 Å². The van der Waals surface area contributed by atoms with Crippen LogP contribution < -0.4 is 4.74 Å². The number of aromatic nitrogens is 2. The van der Waals surface area contributed by atoms with Crippen molar-refractivity contribution in [3.05, 3.63) is 29.5 Å². The van der Waals surface area contributed by atoms with Gasteiger partial charge in [0.1, 0.15) is 5.75 Å². The third-order valence-electron chi connectivity index (χ3n) is 4.40. The smallest absolute Gasteiger partial charge is 0.202 e. The number of methoxy groups -OCH3 is 1. The molecule has 0 bridgehead atoms. The van der Waals surface area contributed by atoms with Crippen molar-refractivity contribution in [2.75, 3.05) is 7.11 Å². The number of fused-ring (bicyclic) bond motifs is 5. The SMILES string of the molecule is COc1cccc2c3c([nH]c12)CCc1c-3c(O)n(C)c1O. The molecule has 3 N–H and O–H groups in total. The third-order valence-corrected chi connectivity index (χ3v) is 4.40. The van der Waals surface area contributed by atoms with Crippen LogP contribution in [0.5, 0.6) is 17.5 Å². The zero-order chi connectivity index (χ0) is 14.7. The monoisotopic (exact) mass is 284 g/mol. The van der Waals surface area contributed by atoms with Gasteiger partial charge in [-0.1, -0.05) is 12.1 Å². The standard InChI is InChI=1S/C16H16N2O3/c1-18-15(19)9-6-7-10-12(13(9)16(18)20)8-4-3-5-11(21-2)14(8)17-10/h3-5,17,19-20H,6-7H2,1-2H3. The van der Waals surface area contributed by atoms with E-state index in [2.05, 4.69) is 4.98 Å². The second kappa shape index (κ2) is 3.97. The number of H-pyrrole nitrogens is 1. The minimum Gasteiger partial charge on any atom is -0.495 e. The number of aromatic hydroxyl groups is 2. The Hall–Kier alpha value is -2.56. The van der Waals surface area contributed by atoms with Gasteiger partial charge in [0.25, 0.3) is 0 Å². The molecular weight excluding hydrogens is 268 g/mol. The number of aromatic amines is 1. The summed E-state index contributed by atoms with van der Waals surface area (Å²) >= 11 is 0. The van der Waals surface area contributed by atoms with Crippen LogP contribution in [0.3, 0.4) is 0 Å². The summed E-state index contributed by atoms with van der Waals surface area (Å²) in [6.07, 6.45) is 1.51. The maximum atomic E-state index is 10.4. The van der Waals surface area contributed by atoms with Crippen LogP contribution in [0.15, 0.2) is 18.2 Å². The molecule has 0 spiro atoms. The van der Waals surface area contributed by atoms with Gasteiger partial charge in [0, 0.05) is 29.3 Å². The highest BCUT2D eigenvalue weighted by Gasteiger charge is 2.30. The molecule has 1 aliphatic carbocycles. The highest BCUT2D eigenvalue weighted by molar-refractivity contribution is 6.03. The maximum Gasteiger partial charge on any atom is 0.202 e. The number of hydrogen-bond acceptors (Lipinski definition) is 3. The van der Waals surface area contributed by atoms with Crippen molar-refractivity contribution < 1.29 is 14.9 Å². The average Bonchev–Trinajstić information content (AvgIpc) is 2.98. The van der Waals surface area contributed by atoms with Gasteiger partial charge in [-0.3, -0.25) is 4.57 Å².